The van der Waals surface area contributed by atoms with Crippen molar-refractivity contribution in [3.05, 3.63) is 29.3 Å². The number of methoxy groups -OCH3 is 2. The third-order valence-corrected chi connectivity index (χ3v) is 3.32. The summed E-state index contributed by atoms with van der Waals surface area (Å²) in [5.41, 5.74) is 0.481. The van der Waals surface area contributed by atoms with Gasteiger partial charge in [0.2, 0.25) is 0 Å². The van der Waals surface area contributed by atoms with E-state index in [2.05, 4.69) is 0 Å². The molecule has 0 bridgehead atoms. The van der Waals surface area contributed by atoms with Gasteiger partial charge in [-0.3, -0.25) is 9.59 Å². The summed E-state index contributed by atoms with van der Waals surface area (Å²) in [6.45, 7) is 2.01. The van der Waals surface area contributed by atoms with Crippen LogP contribution in [0.25, 0.3) is 0 Å². The van der Waals surface area contributed by atoms with E-state index in [-0.39, 0.29) is 67.7 Å². The third kappa shape index (κ3) is 6.64. The number of Topliss-reactive ketones (excluding diaryl/α,β-unsaturated/α-hetero) is 2. The Hall–Kier alpha value is -2.25. The number of carbonyl (C=O) groups excluding carboxylic acids is 3. The predicted molar refractivity (Wildman–Crippen MR) is 90.2 cm³/mol. The second-order valence-electron chi connectivity index (χ2n) is 5.11. The van der Waals surface area contributed by atoms with Gasteiger partial charge in [0, 0.05) is 27.1 Å². The summed E-state index contributed by atoms with van der Waals surface area (Å²) >= 11 is 0. The molecule has 1 aromatic carbocycles. The minimum absolute atomic E-state index is 0.0951. The van der Waals surface area contributed by atoms with Gasteiger partial charge >= 0.3 is 5.97 Å². The van der Waals surface area contributed by atoms with Crippen molar-refractivity contribution < 1.29 is 33.3 Å². The van der Waals surface area contributed by atoms with Crippen molar-refractivity contribution in [1.82, 2.24) is 0 Å². The molecule has 0 atom stereocenters. The summed E-state index contributed by atoms with van der Waals surface area (Å²) < 4.78 is 20.1. The summed E-state index contributed by atoms with van der Waals surface area (Å²) in [7, 11) is 2.99. The van der Waals surface area contributed by atoms with Crippen LogP contribution in [0.4, 0.5) is 0 Å². The fourth-order valence-corrected chi connectivity index (χ4v) is 2.12. The fraction of sp³-hybridized carbons (Fsp3) is 0.500. The summed E-state index contributed by atoms with van der Waals surface area (Å²) in [4.78, 5) is 36.3. The molecule has 7 nitrogen and oxygen atoms in total. The Morgan fingerprint density at radius 1 is 0.920 bits per heavy atom. The molecule has 25 heavy (non-hydrogen) atoms. The number of esters is 1. The van der Waals surface area contributed by atoms with Gasteiger partial charge in [-0.15, -0.1) is 0 Å². The first-order valence-corrected chi connectivity index (χ1v) is 8.00. The minimum Gasteiger partial charge on any atom is -0.480 e. The molecule has 7 heteroatoms. The molecule has 0 aliphatic heterocycles. The van der Waals surface area contributed by atoms with Crippen LogP contribution in [0.5, 0.6) is 5.75 Å². The average Bonchev–Trinajstić information content (AvgIpc) is 2.62. The molecule has 138 valence electrons. The van der Waals surface area contributed by atoms with E-state index in [4.69, 9.17) is 18.9 Å². The van der Waals surface area contributed by atoms with Crippen LogP contribution < -0.4 is 4.74 Å². The van der Waals surface area contributed by atoms with E-state index in [9.17, 15) is 14.4 Å². The van der Waals surface area contributed by atoms with E-state index in [0.29, 0.717) is 0 Å². The van der Waals surface area contributed by atoms with Crippen LogP contribution in [0.2, 0.25) is 0 Å². The zero-order valence-corrected chi connectivity index (χ0v) is 14.8. The summed E-state index contributed by atoms with van der Waals surface area (Å²) in [5, 5.41) is 0. The zero-order valence-electron chi connectivity index (χ0n) is 14.8. The van der Waals surface area contributed by atoms with Gasteiger partial charge < -0.3 is 18.9 Å². The quantitative estimate of drug-likeness (QED) is 0.420. The number of carbonyl (C=O) groups is 3. The molecule has 0 unspecified atom stereocenters. The highest BCUT2D eigenvalue weighted by Gasteiger charge is 2.21. The van der Waals surface area contributed by atoms with E-state index < -0.39 is 5.97 Å². The van der Waals surface area contributed by atoms with E-state index in [1.165, 1.54) is 14.2 Å². The molecule has 0 fully saturated rings. The fourth-order valence-electron chi connectivity index (χ4n) is 2.12. The van der Waals surface area contributed by atoms with Crippen LogP contribution in [-0.4, -0.2) is 58.2 Å². The molecule has 0 amide bonds. The van der Waals surface area contributed by atoms with Gasteiger partial charge in [0.1, 0.15) is 5.75 Å². The highest BCUT2D eigenvalue weighted by atomic mass is 16.6. The number of ketones is 2. The highest BCUT2D eigenvalue weighted by molar-refractivity contribution is 6.05. The van der Waals surface area contributed by atoms with Crippen molar-refractivity contribution in [3.63, 3.8) is 0 Å². The van der Waals surface area contributed by atoms with Crippen LogP contribution in [0.15, 0.2) is 18.2 Å². The van der Waals surface area contributed by atoms with Crippen molar-refractivity contribution in [1.29, 1.82) is 0 Å². The molecule has 0 heterocycles. The van der Waals surface area contributed by atoms with Crippen molar-refractivity contribution in [2.24, 2.45) is 0 Å². The van der Waals surface area contributed by atoms with Crippen molar-refractivity contribution in [3.8, 4) is 5.75 Å². The zero-order chi connectivity index (χ0) is 18.7. The van der Waals surface area contributed by atoms with Gasteiger partial charge in [-0.2, -0.15) is 0 Å². The minimum atomic E-state index is -0.572. The van der Waals surface area contributed by atoms with E-state index in [0.717, 1.165) is 0 Å². The van der Waals surface area contributed by atoms with Gasteiger partial charge in [-0.1, -0.05) is 6.07 Å². The Morgan fingerprint density at radius 2 is 1.44 bits per heavy atom. The van der Waals surface area contributed by atoms with Gasteiger partial charge in [-0.05, 0) is 19.1 Å². The lowest BCUT2D eigenvalue weighted by atomic mass is 10.00. The van der Waals surface area contributed by atoms with Crippen LogP contribution >= 0.6 is 0 Å². The molecular formula is C18H24O7. The third-order valence-electron chi connectivity index (χ3n) is 3.32. The maximum Gasteiger partial charge on any atom is 0.344 e. The SMILES string of the molecule is CCOC(=O)COc1c(C(=O)CCOC)cccc1C(=O)CCOC. The van der Waals surface area contributed by atoms with Crippen LogP contribution in [0.3, 0.4) is 0 Å². The Kier molecular flexibility index (Phi) is 9.42. The van der Waals surface area contributed by atoms with Gasteiger partial charge in [0.25, 0.3) is 0 Å². The predicted octanol–water partition coefficient (Wildman–Crippen LogP) is 2.07. The molecular weight excluding hydrogens is 328 g/mol. The first-order valence-electron chi connectivity index (χ1n) is 8.00. The van der Waals surface area contributed by atoms with Gasteiger partial charge in [0.05, 0.1) is 30.9 Å². The van der Waals surface area contributed by atoms with Crippen LogP contribution in [0.1, 0.15) is 40.5 Å². The van der Waals surface area contributed by atoms with Crippen molar-refractivity contribution in [2.45, 2.75) is 19.8 Å². The molecule has 0 saturated carbocycles. The second-order valence-corrected chi connectivity index (χ2v) is 5.11. The van der Waals surface area contributed by atoms with Gasteiger partial charge in [0.15, 0.2) is 18.2 Å². The number of hydrogen-bond acceptors (Lipinski definition) is 7. The normalized spacial score (nSPS) is 10.4. The van der Waals surface area contributed by atoms with Crippen LogP contribution in [0, 0.1) is 0 Å². The number of ether oxygens (including phenoxy) is 4. The molecule has 0 aliphatic rings. The lowest BCUT2D eigenvalue weighted by molar-refractivity contribution is -0.145. The number of benzene rings is 1. The molecule has 0 aliphatic carbocycles. The lowest BCUT2D eigenvalue weighted by Crippen LogP contribution is -2.18. The number of hydrogen-bond donors (Lipinski definition) is 0. The maximum absolute atomic E-state index is 12.4. The Bertz CT molecular complexity index is 557. The molecule has 0 N–H and O–H groups in total. The van der Waals surface area contributed by atoms with Crippen molar-refractivity contribution in [2.75, 3.05) is 40.6 Å². The monoisotopic (exact) mass is 352 g/mol. The molecule has 1 aromatic rings. The lowest BCUT2D eigenvalue weighted by Gasteiger charge is -2.14. The van der Waals surface area contributed by atoms with E-state index in [1.807, 2.05) is 0 Å². The number of rotatable bonds is 12. The smallest absolute Gasteiger partial charge is 0.344 e. The van der Waals surface area contributed by atoms with Crippen molar-refractivity contribution >= 4 is 17.5 Å². The standard InChI is InChI=1S/C18H24O7/c1-4-24-17(21)12-25-18-13(15(19)8-10-22-2)6-5-7-14(18)16(20)9-11-23-3/h5-7H,4,8-12H2,1-3H3. The van der Waals surface area contributed by atoms with E-state index >= 15 is 0 Å². The Labute approximate surface area is 147 Å². The Balaban J connectivity index is 3.11. The largest absolute Gasteiger partial charge is 0.480 e. The van der Waals surface area contributed by atoms with Gasteiger partial charge in [-0.25, -0.2) is 4.79 Å². The first-order chi connectivity index (χ1) is 12.0. The molecule has 0 aromatic heterocycles. The molecule has 0 radical (unpaired) electrons. The Morgan fingerprint density at radius 3 is 1.88 bits per heavy atom. The summed E-state index contributed by atoms with van der Waals surface area (Å²) in [6, 6.07) is 4.73. The molecule has 0 saturated heterocycles. The summed E-state index contributed by atoms with van der Waals surface area (Å²) in [5.74, 6) is -0.945. The molecule has 0 spiro atoms. The van der Waals surface area contributed by atoms with E-state index in [1.54, 1.807) is 25.1 Å². The summed E-state index contributed by atoms with van der Waals surface area (Å²) in [6.07, 6.45) is 0.282. The van der Waals surface area contributed by atoms with Crippen LogP contribution in [-0.2, 0) is 19.0 Å². The highest BCUT2D eigenvalue weighted by Crippen LogP contribution is 2.27. The maximum atomic E-state index is 12.4. The first kappa shape index (κ1) is 20.8. The number of para-hydroxylation sites is 1. The average molecular weight is 352 g/mol. The topological polar surface area (TPSA) is 88.1 Å². The molecule has 1 rings (SSSR count). The second kappa shape index (κ2) is 11.3.